The van der Waals surface area contributed by atoms with Gasteiger partial charge in [0.05, 0.1) is 18.8 Å². The van der Waals surface area contributed by atoms with Crippen molar-refractivity contribution < 1.29 is 27.8 Å². The van der Waals surface area contributed by atoms with Crippen molar-refractivity contribution in [3.8, 4) is 5.75 Å². The van der Waals surface area contributed by atoms with Crippen molar-refractivity contribution >= 4 is 43.4 Å². The van der Waals surface area contributed by atoms with E-state index in [1.165, 1.54) is 30.6 Å². The average molecular weight is 500 g/mol. The maximum atomic E-state index is 13.3. The number of carbonyl (C=O) groups is 1. The molecule has 0 saturated heterocycles. The zero-order valence-electron chi connectivity index (χ0n) is 16.6. The Morgan fingerprint density at radius 2 is 2.10 bits per heavy atom. The van der Waals surface area contributed by atoms with Crippen molar-refractivity contribution in [2.24, 2.45) is 0 Å². The number of nitrogens with one attached hydrogen (secondary N) is 1. The first-order valence-corrected chi connectivity index (χ1v) is 11.3. The summed E-state index contributed by atoms with van der Waals surface area (Å²) in [6, 6.07) is 6.02. The van der Waals surface area contributed by atoms with E-state index in [0.717, 1.165) is 4.31 Å². The number of aliphatic hydroxyl groups is 1. The zero-order chi connectivity index (χ0) is 22.1. The highest BCUT2D eigenvalue weighted by Crippen LogP contribution is 2.39. The molecule has 0 saturated carbocycles. The van der Waals surface area contributed by atoms with Crippen LogP contribution >= 0.6 is 15.9 Å². The highest BCUT2D eigenvalue weighted by atomic mass is 79.9. The number of nitrogens with zero attached hydrogens (tertiary/aromatic N) is 2. The normalized spacial score (nSPS) is 16.4. The van der Waals surface area contributed by atoms with Gasteiger partial charge >= 0.3 is 6.09 Å². The summed E-state index contributed by atoms with van der Waals surface area (Å²) in [6.07, 6.45) is 1.31. The molecule has 1 aromatic carbocycles. The molecule has 1 aliphatic heterocycles. The molecule has 1 amide bonds. The number of anilines is 2. The second-order valence-corrected chi connectivity index (χ2v) is 10.4. The van der Waals surface area contributed by atoms with Crippen LogP contribution in [0.5, 0.6) is 5.75 Å². The van der Waals surface area contributed by atoms with Crippen LogP contribution in [0.4, 0.5) is 16.2 Å². The number of fused-ring (bicyclic) bond motifs is 1. The van der Waals surface area contributed by atoms with Crippen LogP contribution in [0.15, 0.2) is 46.0 Å². The van der Waals surface area contributed by atoms with Crippen molar-refractivity contribution in [2.45, 2.75) is 37.4 Å². The van der Waals surface area contributed by atoms with E-state index in [9.17, 15) is 18.3 Å². The van der Waals surface area contributed by atoms with Crippen LogP contribution < -0.4 is 14.4 Å². The first-order valence-electron chi connectivity index (χ1n) is 9.04. The molecule has 0 radical (unpaired) electrons. The summed E-state index contributed by atoms with van der Waals surface area (Å²) >= 11 is 3.23. The minimum Gasteiger partial charge on any atom is -0.484 e. The minimum atomic E-state index is -4.01. The molecule has 2 N–H and O–H groups in total. The minimum absolute atomic E-state index is 0.0214. The second kappa shape index (κ2) is 8.40. The van der Waals surface area contributed by atoms with E-state index in [4.69, 9.17) is 9.47 Å². The summed E-state index contributed by atoms with van der Waals surface area (Å²) < 4.78 is 39.2. The summed E-state index contributed by atoms with van der Waals surface area (Å²) in [7, 11) is -4.01. The lowest BCUT2D eigenvalue weighted by atomic mass is 10.2. The van der Waals surface area contributed by atoms with Crippen molar-refractivity contribution in [2.75, 3.05) is 22.8 Å². The fourth-order valence-corrected chi connectivity index (χ4v) is 4.80. The molecule has 0 bridgehead atoms. The van der Waals surface area contributed by atoms with Crippen LogP contribution in [-0.4, -0.2) is 49.5 Å². The largest absolute Gasteiger partial charge is 0.484 e. The molecule has 162 valence electrons. The number of halogens is 1. The second-order valence-electron chi connectivity index (χ2n) is 7.61. The quantitative estimate of drug-likeness (QED) is 0.662. The fraction of sp³-hybridized carbons (Fsp3) is 0.368. The SMILES string of the molecule is CC(C)(C)OC(=O)Nc1ccc2c(c1)N(S(=O)(=O)c1cncc(Br)c1)C[C@H](CO)O2. The van der Waals surface area contributed by atoms with E-state index >= 15 is 0 Å². The van der Waals surface area contributed by atoms with Gasteiger partial charge in [-0.15, -0.1) is 0 Å². The standard InChI is InChI=1S/C19H22BrN3O6S/c1-19(2,3)29-18(25)22-13-4-5-17-16(7-13)23(10-14(11-24)28-17)30(26,27)15-6-12(20)8-21-9-15/h4-9,14,24H,10-11H2,1-3H3,(H,22,25)/t14-/m1/s1. The van der Waals surface area contributed by atoms with Gasteiger partial charge in [0.25, 0.3) is 10.0 Å². The van der Waals surface area contributed by atoms with Crippen LogP contribution in [-0.2, 0) is 14.8 Å². The summed E-state index contributed by atoms with van der Waals surface area (Å²) in [5, 5.41) is 12.1. The molecule has 0 aliphatic carbocycles. The molecule has 30 heavy (non-hydrogen) atoms. The van der Waals surface area contributed by atoms with Gasteiger partial charge in [-0.3, -0.25) is 14.6 Å². The van der Waals surface area contributed by atoms with E-state index in [1.807, 2.05) is 0 Å². The van der Waals surface area contributed by atoms with Gasteiger partial charge in [-0.05, 0) is 61.0 Å². The van der Waals surface area contributed by atoms with Gasteiger partial charge in [0.2, 0.25) is 0 Å². The summed E-state index contributed by atoms with van der Waals surface area (Å²) in [4.78, 5) is 16.0. The van der Waals surface area contributed by atoms with E-state index in [1.54, 1.807) is 26.8 Å². The van der Waals surface area contributed by atoms with Gasteiger partial charge < -0.3 is 14.6 Å². The maximum Gasteiger partial charge on any atom is 0.412 e. The Kier molecular flexibility index (Phi) is 6.25. The van der Waals surface area contributed by atoms with Crippen LogP contribution in [0, 0.1) is 0 Å². The molecule has 1 atom stereocenters. The van der Waals surface area contributed by atoms with Crippen LogP contribution in [0.3, 0.4) is 0 Å². The lowest BCUT2D eigenvalue weighted by Gasteiger charge is -2.35. The Morgan fingerprint density at radius 1 is 1.37 bits per heavy atom. The van der Waals surface area contributed by atoms with E-state index in [0.29, 0.717) is 10.2 Å². The van der Waals surface area contributed by atoms with Gasteiger partial charge in [0, 0.05) is 22.6 Å². The Hall–Kier alpha value is -2.37. The summed E-state index contributed by atoms with van der Waals surface area (Å²) in [5.41, 5.74) is -0.117. The highest BCUT2D eigenvalue weighted by molar-refractivity contribution is 9.10. The van der Waals surface area contributed by atoms with E-state index in [-0.39, 0.29) is 29.5 Å². The predicted molar refractivity (Wildman–Crippen MR) is 114 cm³/mol. The molecule has 1 aliphatic rings. The molecule has 3 rings (SSSR count). The number of pyridine rings is 1. The van der Waals surface area contributed by atoms with Gasteiger partial charge in [-0.2, -0.15) is 0 Å². The van der Waals surface area contributed by atoms with E-state index < -0.39 is 27.8 Å². The van der Waals surface area contributed by atoms with Crippen molar-refractivity contribution in [1.82, 2.24) is 4.98 Å². The molecule has 2 heterocycles. The number of aliphatic hydroxyl groups excluding tert-OH is 1. The number of benzene rings is 1. The van der Waals surface area contributed by atoms with Crippen molar-refractivity contribution in [3.63, 3.8) is 0 Å². The smallest absolute Gasteiger partial charge is 0.412 e. The summed E-state index contributed by atoms with van der Waals surface area (Å²) in [6.45, 7) is 4.75. The third-order valence-electron chi connectivity index (χ3n) is 4.01. The van der Waals surface area contributed by atoms with Crippen molar-refractivity contribution in [1.29, 1.82) is 0 Å². The monoisotopic (exact) mass is 499 g/mol. The summed E-state index contributed by atoms with van der Waals surface area (Å²) in [5.74, 6) is 0.265. The molecule has 0 spiro atoms. The highest BCUT2D eigenvalue weighted by Gasteiger charge is 2.35. The number of sulfonamides is 1. The first-order chi connectivity index (χ1) is 14.0. The van der Waals surface area contributed by atoms with Gasteiger partial charge in [0.15, 0.2) is 0 Å². The van der Waals surface area contributed by atoms with E-state index in [2.05, 4.69) is 26.2 Å². The molecule has 0 unspecified atom stereocenters. The molecule has 11 heteroatoms. The Labute approximate surface area is 183 Å². The number of rotatable bonds is 4. The van der Waals surface area contributed by atoms with Gasteiger partial charge in [-0.1, -0.05) is 0 Å². The van der Waals surface area contributed by atoms with Crippen LogP contribution in [0.1, 0.15) is 20.8 Å². The van der Waals surface area contributed by atoms with Gasteiger partial charge in [0.1, 0.15) is 22.4 Å². The molecule has 2 aromatic rings. The fourth-order valence-electron chi connectivity index (χ4n) is 2.79. The number of aromatic nitrogens is 1. The number of ether oxygens (including phenoxy) is 2. The number of carbonyl (C=O) groups excluding carboxylic acids is 1. The van der Waals surface area contributed by atoms with Gasteiger partial charge in [-0.25, -0.2) is 13.2 Å². The molecule has 9 nitrogen and oxygen atoms in total. The topological polar surface area (TPSA) is 118 Å². The number of amides is 1. The lowest BCUT2D eigenvalue weighted by molar-refractivity contribution is 0.0636. The molecular weight excluding hydrogens is 478 g/mol. The Morgan fingerprint density at radius 3 is 2.73 bits per heavy atom. The number of hydrogen-bond donors (Lipinski definition) is 2. The molecule has 0 fully saturated rings. The first kappa shape index (κ1) is 22.3. The van der Waals surface area contributed by atoms with Crippen LogP contribution in [0.2, 0.25) is 0 Å². The Bertz CT molecular complexity index is 1050. The molecule has 1 aromatic heterocycles. The Balaban J connectivity index is 1.99. The average Bonchev–Trinajstić information content (AvgIpc) is 2.65. The van der Waals surface area contributed by atoms with Crippen molar-refractivity contribution in [3.05, 3.63) is 41.1 Å². The number of hydrogen-bond acceptors (Lipinski definition) is 7. The zero-order valence-corrected chi connectivity index (χ0v) is 19.0. The third kappa shape index (κ3) is 5.02. The third-order valence-corrected chi connectivity index (χ3v) is 6.19. The predicted octanol–water partition coefficient (Wildman–Crippen LogP) is 3.14. The maximum absolute atomic E-state index is 13.3. The lowest BCUT2D eigenvalue weighted by Crippen LogP contribution is -2.45. The molecular formula is C19H22BrN3O6S. The van der Waals surface area contributed by atoms with Crippen LogP contribution in [0.25, 0.3) is 0 Å².